The number of benzene rings is 1. The Morgan fingerprint density at radius 1 is 1.47 bits per heavy atom. The van der Waals surface area contributed by atoms with Gasteiger partial charge in [0.2, 0.25) is 5.91 Å². The van der Waals surface area contributed by atoms with E-state index in [0.717, 1.165) is 6.07 Å². The molecule has 2 rings (SSSR count). The number of anilines is 1. The maximum atomic E-state index is 13.5. The van der Waals surface area contributed by atoms with Crippen molar-refractivity contribution >= 4 is 28.8 Å². The molecule has 0 spiro atoms. The first-order chi connectivity index (χ1) is 8.86. The van der Waals surface area contributed by atoms with Crippen molar-refractivity contribution in [2.24, 2.45) is 17.1 Å². The van der Waals surface area contributed by atoms with Crippen molar-refractivity contribution < 1.29 is 13.6 Å². The van der Waals surface area contributed by atoms with Gasteiger partial charge >= 0.3 is 0 Å². The number of carbonyl (C=O) groups excluding carboxylic acids is 1. The zero-order chi connectivity index (χ0) is 14.2. The van der Waals surface area contributed by atoms with E-state index in [1.54, 1.807) is 0 Å². The van der Waals surface area contributed by atoms with Gasteiger partial charge in [0.05, 0.1) is 16.1 Å². The van der Waals surface area contributed by atoms with Crippen molar-refractivity contribution in [2.45, 2.75) is 19.8 Å². The number of thiocarbonyl (C=S) groups is 1. The van der Waals surface area contributed by atoms with Crippen LogP contribution in [0.1, 0.15) is 19.8 Å². The van der Waals surface area contributed by atoms with E-state index in [9.17, 15) is 13.6 Å². The number of nitrogens with two attached hydrogens (primary N) is 1. The van der Waals surface area contributed by atoms with Gasteiger partial charge in [0.1, 0.15) is 0 Å². The highest BCUT2D eigenvalue weighted by atomic mass is 32.1. The lowest BCUT2D eigenvalue weighted by atomic mass is 9.62. The van der Waals surface area contributed by atoms with E-state index in [2.05, 4.69) is 5.32 Å². The number of hydrogen-bond donors (Lipinski definition) is 2. The zero-order valence-electron chi connectivity index (χ0n) is 10.4. The minimum absolute atomic E-state index is 0.0971. The standard InChI is InChI=1S/C13H14F2N2OS/c1-7-5-13(6-7,11(16)19)12(18)17-9-4-2-3-8(14)10(9)15/h2-4,7H,5-6H2,1H3,(H2,16,19)(H,17,18). The van der Waals surface area contributed by atoms with Gasteiger partial charge < -0.3 is 11.1 Å². The molecule has 0 unspecified atom stereocenters. The van der Waals surface area contributed by atoms with Crippen molar-refractivity contribution in [3.05, 3.63) is 29.8 Å². The Kier molecular flexibility index (Phi) is 3.54. The Bertz CT molecular complexity index is 541. The van der Waals surface area contributed by atoms with Crippen LogP contribution in [0.3, 0.4) is 0 Å². The van der Waals surface area contributed by atoms with Gasteiger partial charge in [-0.1, -0.05) is 25.2 Å². The summed E-state index contributed by atoms with van der Waals surface area (Å²) in [6, 6.07) is 3.61. The van der Waals surface area contributed by atoms with Crippen molar-refractivity contribution in [3.63, 3.8) is 0 Å². The van der Waals surface area contributed by atoms with E-state index in [1.165, 1.54) is 12.1 Å². The molecular formula is C13H14F2N2OS. The summed E-state index contributed by atoms with van der Waals surface area (Å²) in [5, 5.41) is 2.37. The molecule has 1 saturated carbocycles. The van der Waals surface area contributed by atoms with E-state index < -0.39 is 23.0 Å². The number of amides is 1. The Morgan fingerprint density at radius 2 is 2.11 bits per heavy atom. The Morgan fingerprint density at radius 3 is 2.63 bits per heavy atom. The summed E-state index contributed by atoms with van der Waals surface area (Å²) < 4.78 is 26.6. The maximum absolute atomic E-state index is 13.5. The lowest BCUT2D eigenvalue weighted by Gasteiger charge is -2.44. The number of rotatable bonds is 3. The molecule has 1 amide bonds. The molecule has 0 saturated heterocycles. The van der Waals surface area contributed by atoms with Crippen molar-refractivity contribution in [1.29, 1.82) is 0 Å². The molecular weight excluding hydrogens is 270 g/mol. The molecule has 0 bridgehead atoms. The van der Waals surface area contributed by atoms with Gasteiger partial charge in [0.15, 0.2) is 11.6 Å². The normalized spacial score (nSPS) is 25.5. The highest BCUT2D eigenvalue weighted by Crippen LogP contribution is 2.46. The van der Waals surface area contributed by atoms with E-state index in [4.69, 9.17) is 18.0 Å². The average molecular weight is 284 g/mol. The minimum atomic E-state index is -1.08. The van der Waals surface area contributed by atoms with Gasteiger partial charge in [0, 0.05) is 0 Å². The molecule has 6 heteroatoms. The van der Waals surface area contributed by atoms with Crippen molar-refractivity contribution in [2.75, 3.05) is 5.32 Å². The molecule has 0 radical (unpaired) electrons. The molecule has 1 aliphatic carbocycles. The molecule has 1 aromatic rings. The van der Waals surface area contributed by atoms with Gasteiger partial charge in [-0.25, -0.2) is 8.78 Å². The summed E-state index contributed by atoms with van der Waals surface area (Å²) in [5.41, 5.74) is 4.49. The quantitative estimate of drug-likeness (QED) is 0.839. The molecule has 3 N–H and O–H groups in total. The van der Waals surface area contributed by atoms with E-state index >= 15 is 0 Å². The fourth-order valence-electron chi connectivity index (χ4n) is 2.47. The Balaban J connectivity index is 2.21. The van der Waals surface area contributed by atoms with Crippen molar-refractivity contribution in [1.82, 2.24) is 0 Å². The number of halogens is 2. The maximum Gasteiger partial charge on any atom is 0.237 e. The summed E-state index contributed by atoms with van der Waals surface area (Å²) in [6.45, 7) is 1.98. The van der Waals surface area contributed by atoms with Gasteiger partial charge in [0.25, 0.3) is 0 Å². The molecule has 0 aliphatic heterocycles. The molecule has 0 atom stereocenters. The minimum Gasteiger partial charge on any atom is -0.392 e. The van der Waals surface area contributed by atoms with Gasteiger partial charge in [-0.05, 0) is 30.9 Å². The van der Waals surface area contributed by atoms with Crippen LogP contribution in [0.2, 0.25) is 0 Å². The van der Waals surface area contributed by atoms with E-state index in [0.29, 0.717) is 18.8 Å². The summed E-state index contributed by atoms with van der Waals surface area (Å²) in [7, 11) is 0. The van der Waals surface area contributed by atoms with Crippen LogP contribution in [0.4, 0.5) is 14.5 Å². The molecule has 0 aromatic heterocycles. The first-order valence-electron chi connectivity index (χ1n) is 5.92. The highest BCUT2D eigenvalue weighted by Gasteiger charge is 2.51. The number of carbonyl (C=O) groups is 1. The lowest BCUT2D eigenvalue weighted by molar-refractivity contribution is -0.127. The Labute approximate surface area is 115 Å². The predicted molar refractivity (Wildman–Crippen MR) is 72.6 cm³/mol. The van der Waals surface area contributed by atoms with Gasteiger partial charge in [-0.3, -0.25) is 4.79 Å². The van der Waals surface area contributed by atoms with Crippen LogP contribution in [0.5, 0.6) is 0 Å². The summed E-state index contributed by atoms with van der Waals surface area (Å²) >= 11 is 4.93. The molecule has 1 aromatic carbocycles. The molecule has 0 heterocycles. The third kappa shape index (κ3) is 2.32. The molecule has 1 aliphatic rings. The smallest absolute Gasteiger partial charge is 0.237 e. The van der Waals surface area contributed by atoms with Crippen LogP contribution in [0, 0.1) is 23.0 Å². The summed E-state index contributed by atoms with van der Waals surface area (Å²) in [4.78, 5) is 12.3. The molecule has 3 nitrogen and oxygen atoms in total. The summed E-state index contributed by atoms with van der Waals surface area (Å²) in [5.74, 6) is -2.22. The van der Waals surface area contributed by atoms with Crippen molar-refractivity contribution in [3.8, 4) is 0 Å². The SMILES string of the molecule is CC1CC(C(=O)Nc2cccc(F)c2F)(C(N)=S)C1. The van der Waals surface area contributed by atoms with Gasteiger partial charge in [-0.15, -0.1) is 0 Å². The zero-order valence-corrected chi connectivity index (χ0v) is 11.2. The first-order valence-corrected chi connectivity index (χ1v) is 6.33. The van der Waals surface area contributed by atoms with Crippen LogP contribution < -0.4 is 11.1 Å². The van der Waals surface area contributed by atoms with Crippen LogP contribution in [0.15, 0.2) is 18.2 Å². The van der Waals surface area contributed by atoms with Crippen LogP contribution in [0.25, 0.3) is 0 Å². The Hall–Kier alpha value is -1.56. The topological polar surface area (TPSA) is 55.1 Å². The second kappa shape index (κ2) is 4.85. The molecule has 1 fully saturated rings. The van der Waals surface area contributed by atoms with Crippen LogP contribution in [-0.4, -0.2) is 10.9 Å². The third-order valence-electron chi connectivity index (χ3n) is 3.50. The number of nitrogens with one attached hydrogen (secondary N) is 1. The number of hydrogen-bond acceptors (Lipinski definition) is 2. The van der Waals surface area contributed by atoms with E-state index in [-0.39, 0.29) is 10.7 Å². The van der Waals surface area contributed by atoms with Crippen LogP contribution in [-0.2, 0) is 4.79 Å². The average Bonchev–Trinajstić information content (AvgIpc) is 2.30. The van der Waals surface area contributed by atoms with Gasteiger partial charge in [-0.2, -0.15) is 0 Å². The summed E-state index contributed by atoms with van der Waals surface area (Å²) in [6.07, 6.45) is 1.07. The predicted octanol–water partition coefficient (Wildman–Crippen LogP) is 2.61. The molecule has 19 heavy (non-hydrogen) atoms. The fraction of sp³-hybridized carbons (Fsp3) is 0.385. The second-order valence-corrected chi connectivity index (χ2v) is 5.46. The lowest BCUT2D eigenvalue weighted by Crippen LogP contribution is -2.53. The van der Waals surface area contributed by atoms with Crippen LogP contribution >= 0.6 is 12.2 Å². The fourth-order valence-corrected chi connectivity index (χ4v) is 2.73. The second-order valence-electron chi connectivity index (χ2n) is 5.02. The van der Waals surface area contributed by atoms with E-state index in [1.807, 2.05) is 6.92 Å². The monoisotopic (exact) mass is 284 g/mol. The highest BCUT2D eigenvalue weighted by molar-refractivity contribution is 7.80. The molecule has 102 valence electrons. The largest absolute Gasteiger partial charge is 0.392 e. The third-order valence-corrected chi connectivity index (χ3v) is 3.89. The first kappa shape index (κ1) is 13.9.